The summed E-state index contributed by atoms with van der Waals surface area (Å²) in [7, 11) is 0. The second-order valence-corrected chi connectivity index (χ2v) is 6.14. The van der Waals surface area contributed by atoms with Crippen LogP contribution in [0, 0.1) is 6.92 Å². The molecule has 94 valence electrons. The highest BCUT2D eigenvalue weighted by Crippen LogP contribution is 2.42. The Morgan fingerprint density at radius 2 is 2.00 bits per heavy atom. The maximum absolute atomic E-state index is 10.1. The molecule has 1 aromatic heterocycles. The van der Waals surface area contributed by atoms with Crippen LogP contribution in [0.4, 0.5) is 0 Å². The van der Waals surface area contributed by atoms with Crippen LogP contribution in [0.3, 0.4) is 0 Å². The fourth-order valence-electron chi connectivity index (χ4n) is 3.99. The highest BCUT2D eigenvalue weighted by Gasteiger charge is 2.35. The quantitative estimate of drug-likeness (QED) is 0.789. The summed E-state index contributed by atoms with van der Waals surface area (Å²) in [6, 6.07) is 2.22. The predicted octanol–water partition coefficient (Wildman–Crippen LogP) is 3.46. The van der Waals surface area contributed by atoms with Gasteiger partial charge in [-0.1, -0.05) is 12.8 Å². The number of rotatable bonds is 1. The van der Waals surface area contributed by atoms with E-state index < -0.39 is 0 Å². The van der Waals surface area contributed by atoms with Crippen LogP contribution in [0.2, 0.25) is 0 Å². The van der Waals surface area contributed by atoms with Crippen molar-refractivity contribution in [3.63, 3.8) is 0 Å². The van der Waals surface area contributed by atoms with Crippen molar-refractivity contribution in [1.29, 1.82) is 0 Å². The molecule has 17 heavy (non-hydrogen) atoms. The van der Waals surface area contributed by atoms with Crippen LogP contribution in [-0.2, 0) is 12.0 Å². The summed E-state index contributed by atoms with van der Waals surface area (Å²) in [6.45, 7) is 4.60. The lowest BCUT2D eigenvalue weighted by atomic mass is 9.93. The monoisotopic (exact) mass is 233 g/mol. The van der Waals surface area contributed by atoms with E-state index in [1.807, 2.05) is 0 Å². The Morgan fingerprint density at radius 1 is 1.29 bits per heavy atom. The molecule has 3 rings (SSSR count). The molecular formula is C15H23NO. The van der Waals surface area contributed by atoms with Crippen molar-refractivity contribution < 1.29 is 5.11 Å². The Hall–Kier alpha value is -0.760. The first kappa shape index (κ1) is 11.3. The molecule has 1 heterocycles. The Labute approximate surface area is 104 Å². The molecule has 2 nitrogen and oxygen atoms in total. The van der Waals surface area contributed by atoms with Crippen LogP contribution in [-0.4, -0.2) is 9.67 Å². The van der Waals surface area contributed by atoms with Gasteiger partial charge in [-0.2, -0.15) is 0 Å². The van der Waals surface area contributed by atoms with E-state index in [1.165, 1.54) is 42.6 Å². The van der Waals surface area contributed by atoms with Gasteiger partial charge >= 0.3 is 0 Å². The first-order chi connectivity index (χ1) is 8.12. The van der Waals surface area contributed by atoms with Crippen molar-refractivity contribution >= 4 is 0 Å². The van der Waals surface area contributed by atoms with E-state index in [-0.39, 0.29) is 6.10 Å². The zero-order valence-corrected chi connectivity index (χ0v) is 11.0. The van der Waals surface area contributed by atoms with Crippen LogP contribution < -0.4 is 0 Å². The first-order valence-corrected chi connectivity index (χ1v) is 7.01. The molecule has 1 atom stereocenters. The van der Waals surface area contributed by atoms with Crippen LogP contribution in [0.1, 0.15) is 68.5 Å². The summed E-state index contributed by atoms with van der Waals surface area (Å²) in [5.41, 5.74) is 4.29. The van der Waals surface area contributed by atoms with Gasteiger partial charge in [0.2, 0.25) is 0 Å². The Bertz CT molecular complexity index is 426. The molecule has 0 amide bonds. The summed E-state index contributed by atoms with van der Waals surface area (Å²) in [6.07, 6.45) is 8.30. The molecule has 0 radical (unpaired) electrons. The smallest absolute Gasteiger partial charge is 0.0807 e. The van der Waals surface area contributed by atoms with Crippen LogP contribution in [0.15, 0.2) is 6.07 Å². The van der Waals surface area contributed by atoms with Gasteiger partial charge in [0.15, 0.2) is 0 Å². The highest BCUT2D eigenvalue weighted by molar-refractivity contribution is 5.33. The van der Waals surface area contributed by atoms with Gasteiger partial charge in [-0.3, -0.25) is 0 Å². The van der Waals surface area contributed by atoms with E-state index in [0.717, 1.165) is 19.3 Å². The Balaban J connectivity index is 2.10. The number of nitrogens with zero attached hydrogens (tertiary/aromatic N) is 1. The largest absolute Gasteiger partial charge is 0.388 e. The molecule has 1 unspecified atom stereocenters. The zero-order chi connectivity index (χ0) is 12.0. The van der Waals surface area contributed by atoms with Crippen LogP contribution in [0.25, 0.3) is 0 Å². The molecule has 1 fully saturated rings. The molecule has 0 aromatic carbocycles. The van der Waals surface area contributed by atoms with Gasteiger partial charge in [-0.15, -0.1) is 0 Å². The number of aliphatic hydroxyl groups excluding tert-OH is 1. The van der Waals surface area contributed by atoms with E-state index in [1.54, 1.807) is 0 Å². The SMILES string of the molecule is Cc1cc2c(n1C1(C)CCCC1)CCCC2O. The van der Waals surface area contributed by atoms with E-state index in [4.69, 9.17) is 0 Å². The summed E-state index contributed by atoms with van der Waals surface area (Å²) >= 11 is 0. The number of aryl methyl sites for hydroxylation is 1. The minimum absolute atomic E-state index is 0.219. The minimum atomic E-state index is -0.219. The molecule has 0 bridgehead atoms. The van der Waals surface area contributed by atoms with Crippen molar-refractivity contribution in [2.75, 3.05) is 0 Å². The van der Waals surface area contributed by atoms with Gasteiger partial charge in [0.1, 0.15) is 0 Å². The third-order valence-electron chi connectivity index (χ3n) is 4.79. The van der Waals surface area contributed by atoms with E-state index in [0.29, 0.717) is 5.54 Å². The standard InChI is InChI=1S/C15H23NO/c1-11-10-12-13(6-5-7-14(12)17)16(11)15(2)8-3-4-9-15/h10,14,17H,3-9H2,1-2H3. The summed E-state index contributed by atoms with van der Waals surface area (Å²) in [4.78, 5) is 0. The number of fused-ring (bicyclic) bond motifs is 1. The Morgan fingerprint density at radius 3 is 2.71 bits per heavy atom. The molecule has 1 saturated carbocycles. The van der Waals surface area contributed by atoms with Crippen molar-refractivity contribution in [3.8, 4) is 0 Å². The number of aromatic nitrogens is 1. The van der Waals surface area contributed by atoms with Gasteiger partial charge < -0.3 is 9.67 Å². The fourth-order valence-corrected chi connectivity index (χ4v) is 3.99. The molecule has 0 saturated heterocycles. The topological polar surface area (TPSA) is 25.2 Å². The number of aliphatic hydroxyl groups is 1. The van der Waals surface area contributed by atoms with Crippen molar-refractivity contribution in [1.82, 2.24) is 4.57 Å². The molecule has 1 aromatic rings. The van der Waals surface area contributed by atoms with Crippen molar-refractivity contribution in [3.05, 3.63) is 23.0 Å². The Kier molecular flexibility index (Phi) is 2.58. The maximum atomic E-state index is 10.1. The second-order valence-electron chi connectivity index (χ2n) is 6.14. The summed E-state index contributed by atoms with van der Waals surface area (Å²) in [5.74, 6) is 0. The van der Waals surface area contributed by atoms with Crippen LogP contribution >= 0.6 is 0 Å². The van der Waals surface area contributed by atoms with Crippen molar-refractivity contribution in [2.45, 2.75) is 70.4 Å². The molecule has 0 spiro atoms. The number of hydrogen-bond acceptors (Lipinski definition) is 1. The summed E-state index contributed by atoms with van der Waals surface area (Å²) < 4.78 is 2.55. The lowest BCUT2D eigenvalue weighted by Gasteiger charge is -2.32. The van der Waals surface area contributed by atoms with E-state index in [2.05, 4.69) is 24.5 Å². The lowest BCUT2D eigenvalue weighted by molar-refractivity contribution is 0.154. The average molecular weight is 233 g/mol. The number of hydrogen-bond donors (Lipinski definition) is 1. The van der Waals surface area contributed by atoms with Gasteiger partial charge in [-0.25, -0.2) is 0 Å². The lowest BCUT2D eigenvalue weighted by Crippen LogP contribution is -2.30. The minimum Gasteiger partial charge on any atom is -0.388 e. The van der Waals surface area contributed by atoms with E-state index in [9.17, 15) is 5.11 Å². The highest BCUT2D eigenvalue weighted by atomic mass is 16.3. The molecular weight excluding hydrogens is 210 g/mol. The van der Waals surface area contributed by atoms with Crippen LogP contribution in [0.5, 0.6) is 0 Å². The van der Waals surface area contributed by atoms with Gasteiger partial charge in [-0.05, 0) is 52.0 Å². The zero-order valence-electron chi connectivity index (χ0n) is 11.0. The third kappa shape index (κ3) is 1.65. The fraction of sp³-hybridized carbons (Fsp3) is 0.733. The molecule has 1 N–H and O–H groups in total. The summed E-state index contributed by atoms with van der Waals surface area (Å²) in [5, 5.41) is 10.1. The van der Waals surface area contributed by atoms with Crippen molar-refractivity contribution in [2.24, 2.45) is 0 Å². The molecule has 2 aliphatic rings. The second kappa shape index (κ2) is 3.88. The van der Waals surface area contributed by atoms with Gasteiger partial charge in [0.05, 0.1) is 6.10 Å². The first-order valence-electron chi connectivity index (χ1n) is 7.01. The average Bonchev–Trinajstić information content (AvgIpc) is 2.83. The molecule has 0 aliphatic heterocycles. The normalized spacial score (nSPS) is 27.1. The molecule has 2 heteroatoms. The van der Waals surface area contributed by atoms with Gasteiger partial charge in [0.25, 0.3) is 0 Å². The maximum Gasteiger partial charge on any atom is 0.0807 e. The predicted molar refractivity (Wildman–Crippen MR) is 69.2 cm³/mol. The van der Waals surface area contributed by atoms with Gasteiger partial charge in [0, 0.05) is 22.5 Å². The third-order valence-corrected chi connectivity index (χ3v) is 4.79. The van der Waals surface area contributed by atoms with E-state index >= 15 is 0 Å². The molecule has 2 aliphatic carbocycles.